The molecule has 1 unspecified atom stereocenters. The third kappa shape index (κ3) is 7.94. The van der Waals surface area contributed by atoms with E-state index in [4.69, 9.17) is 22.9 Å². The van der Waals surface area contributed by atoms with Crippen LogP contribution in [0.5, 0.6) is 0 Å². The number of halogens is 2. The molecule has 0 saturated carbocycles. The minimum atomic E-state index is -4.62. The highest BCUT2D eigenvalue weighted by Crippen LogP contribution is 2.63. The van der Waals surface area contributed by atoms with Crippen LogP contribution in [0.3, 0.4) is 0 Å². The third-order valence-corrected chi connectivity index (χ3v) is 12.1. The van der Waals surface area contributed by atoms with Gasteiger partial charge >= 0.3 is 13.3 Å². The molecule has 0 spiro atoms. The maximum atomic E-state index is 15.0. The second-order valence-corrected chi connectivity index (χ2v) is 15.8. The van der Waals surface area contributed by atoms with E-state index >= 15 is 8.78 Å². The van der Waals surface area contributed by atoms with Crippen molar-refractivity contribution >= 4 is 15.9 Å². The van der Waals surface area contributed by atoms with Crippen LogP contribution in [0, 0.1) is 0 Å². The normalized spacial score (nSPS) is 20.7. The lowest BCUT2D eigenvalue weighted by Gasteiger charge is -2.38. The Labute approximate surface area is 175 Å². The Morgan fingerprint density at radius 2 is 1.72 bits per heavy atom. The zero-order valence-electron chi connectivity index (χ0n) is 19.0. The van der Waals surface area contributed by atoms with Crippen LogP contribution in [0.15, 0.2) is 0 Å². The summed E-state index contributed by atoms with van der Waals surface area (Å²) in [7, 11) is -6.81. The molecule has 0 aromatic rings. The largest absolute Gasteiger partial charge is 0.414 e. The van der Waals surface area contributed by atoms with Gasteiger partial charge in [0.2, 0.25) is 0 Å². The Hall–Kier alpha value is 0.107. The van der Waals surface area contributed by atoms with Gasteiger partial charge in [-0.3, -0.25) is 4.57 Å². The van der Waals surface area contributed by atoms with Gasteiger partial charge in [0.05, 0.1) is 32.3 Å². The Morgan fingerprint density at radius 1 is 1.14 bits per heavy atom. The van der Waals surface area contributed by atoms with E-state index in [2.05, 4.69) is 20.8 Å². The summed E-state index contributed by atoms with van der Waals surface area (Å²) < 4.78 is 70.1. The average Bonchev–Trinajstić information content (AvgIpc) is 2.60. The molecule has 0 radical (unpaired) electrons. The highest BCUT2D eigenvalue weighted by atomic mass is 31.2. The second-order valence-electron chi connectivity index (χ2n) is 8.83. The fourth-order valence-electron chi connectivity index (χ4n) is 2.65. The molecular formula is C19H39F2O6PSi. The van der Waals surface area contributed by atoms with E-state index in [9.17, 15) is 4.57 Å². The first kappa shape index (κ1) is 27.1. The van der Waals surface area contributed by atoms with E-state index in [0.717, 1.165) is 12.8 Å². The van der Waals surface area contributed by atoms with Gasteiger partial charge in [0.15, 0.2) is 14.6 Å². The molecule has 1 aliphatic rings. The van der Waals surface area contributed by atoms with Gasteiger partial charge in [0.1, 0.15) is 0 Å². The van der Waals surface area contributed by atoms with Gasteiger partial charge in [-0.1, -0.05) is 20.8 Å². The van der Waals surface area contributed by atoms with Crippen molar-refractivity contribution < 1.29 is 36.3 Å². The summed E-state index contributed by atoms with van der Waals surface area (Å²) in [4.78, 5) is 0. The number of hydrogen-bond donors (Lipinski definition) is 0. The molecular weight excluding hydrogens is 421 g/mol. The molecule has 0 N–H and O–H groups in total. The first-order chi connectivity index (χ1) is 13.3. The van der Waals surface area contributed by atoms with E-state index < -0.39 is 40.4 Å². The molecule has 0 amide bonds. The average molecular weight is 461 g/mol. The number of rotatable bonds is 12. The van der Waals surface area contributed by atoms with Gasteiger partial charge in [0.25, 0.3) is 0 Å². The Balaban J connectivity index is 2.97. The van der Waals surface area contributed by atoms with Crippen LogP contribution < -0.4 is 0 Å². The summed E-state index contributed by atoms with van der Waals surface area (Å²) in [5, 5.41) is -0.0760. The van der Waals surface area contributed by atoms with Gasteiger partial charge in [-0.05, 0) is 51.2 Å². The van der Waals surface area contributed by atoms with E-state index in [1.165, 1.54) is 13.8 Å². The maximum Gasteiger partial charge on any atom is 0.399 e. The van der Waals surface area contributed by atoms with Crippen LogP contribution in [0.4, 0.5) is 8.78 Å². The monoisotopic (exact) mass is 460 g/mol. The lowest BCUT2D eigenvalue weighted by molar-refractivity contribution is -0.203. The zero-order valence-corrected chi connectivity index (χ0v) is 20.9. The quantitative estimate of drug-likeness (QED) is 0.256. The van der Waals surface area contributed by atoms with Crippen LogP contribution >= 0.6 is 7.60 Å². The van der Waals surface area contributed by atoms with Crippen molar-refractivity contribution in [1.82, 2.24) is 0 Å². The molecule has 0 aromatic heterocycles. The molecule has 1 aliphatic heterocycles. The maximum absolute atomic E-state index is 15.0. The van der Waals surface area contributed by atoms with Crippen molar-refractivity contribution in [3.8, 4) is 0 Å². The topological polar surface area (TPSA) is 63.2 Å². The first-order valence-corrected chi connectivity index (χ1v) is 14.9. The van der Waals surface area contributed by atoms with Crippen molar-refractivity contribution in [2.75, 3.05) is 26.4 Å². The Kier molecular flexibility index (Phi) is 10.4. The van der Waals surface area contributed by atoms with Crippen LogP contribution in [0.1, 0.15) is 60.3 Å². The van der Waals surface area contributed by atoms with Crippen molar-refractivity contribution in [2.45, 2.75) is 96.5 Å². The summed E-state index contributed by atoms with van der Waals surface area (Å²) in [6.45, 7) is 13.6. The van der Waals surface area contributed by atoms with E-state index in [0.29, 0.717) is 13.0 Å². The Bertz CT molecular complexity index is 525. The lowest BCUT2D eigenvalue weighted by atomic mass is 10.2. The molecule has 174 valence electrons. The summed E-state index contributed by atoms with van der Waals surface area (Å²) in [6, 6.07) is 0. The van der Waals surface area contributed by atoms with E-state index in [1.54, 1.807) is 0 Å². The molecule has 1 fully saturated rings. The van der Waals surface area contributed by atoms with Gasteiger partial charge in [-0.15, -0.1) is 0 Å². The molecule has 10 heteroatoms. The highest BCUT2D eigenvalue weighted by Gasteiger charge is 2.55. The standard InChI is InChI=1S/C19H39F2O6PSi/c1-8-24-28(22,25-9-2)19(20,21)14-16(27-17-12-10-11-13-23-17)15-26-29(6,7)18(3,4)5/h16-17H,8-15H2,1-7H3/t16-,17?/m1/s1. The highest BCUT2D eigenvalue weighted by molar-refractivity contribution is 7.55. The van der Waals surface area contributed by atoms with Crippen molar-refractivity contribution in [2.24, 2.45) is 0 Å². The fourth-order valence-corrected chi connectivity index (χ4v) is 5.24. The lowest BCUT2D eigenvalue weighted by Crippen LogP contribution is -2.44. The van der Waals surface area contributed by atoms with E-state index in [1.807, 2.05) is 13.1 Å². The second kappa shape index (κ2) is 11.1. The van der Waals surface area contributed by atoms with Gasteiger partial charge in [-0.25, -0.2) is 0 Å². The van der Waals surface area contributed by atoms with Crippen LogP contribution in [-0.2, 0) is 27.5 Å². The van der Waals surface area contributed by atoms with Crippen LogP contribution in [-0.4, -0.2) is 52.8 Å². The zero-order chi connectivity index (χ0) is 22.3. The SMILES string of the molecule is CCOP(=O)(OCC)C(F)(F)C[C@H](CO[Si](C)(C)C(C)(C)C)OC1CCCCO1. The molecule has 2 atom stereocenters. The smallest absolute Gasteiger partial charge is 0.399 e. The van der Waals surface area contributed by atoms with Gasteiger partial charge < -0.3 is 22.9 Å². The molecule has 1 saturated heterocycles. The molecule has 0 aromatic carbocycles. The predicted molar refractivity (Wildman–Crippen MR) is 112 cm³/mol. The van der Waals surface area contributed by atoms with Crippen molar-refractivity contribution in [1.29, 1.82) is 0 Å². The molecule has 1 heterocycles. The summed E-state index contributed by atoms with van der Waals surface area (Å²) in [5.74, 6) is 0. The number of ether oxygens (including phenoxy) is 2. The number of alkyl halides is 2. The molecule has 6 nitrogen and oxygen atoms in total. The minimum absolute atomic E-state index is 0.0236. The molecule has 29 heavy (non-hydrogen) atoms. The first-order valence-electron chi connectivity index (χ1n) is 10.5. The predicted octanol–water partition coefficient (Wildman–Crippen LogP) is 6.17. The summed E-state index contributed by atoms with van der Waals surface area (Å²) in [6.07, 6.45) is 0.0935. The van der Waals surface area contributed by atoms with E-state index in [-0.39, 0.29) is 24.9 Å². The third-order valence-electron chi connectivity index (χ3n) is 5.39. The molecule has 0 aliphatic carbocycles. The fraction of sp³-hybridized carbons (Fsp3) is 1.00. The summed E-state index contributed by atoms with van der Waals surface area (Å²) >= 11 is 0. The summed E-state index contributed by atoms with van der Waals surface area (Å²) in [5.41, 5.74) is -3.70. The van der Waals surface area contributed by atoms with Gasteiger partial charge in [0, 0.05) is 6.61 Å². The van der Waals surface area contributed by atoms with Crippen molar-refractivity contribution in [3.05, 3.63) is 0 Å². The molecule has 1 rings (SSSR count). The Morgan fingerprint density at radius 3 is 2.17 bits per heavy atom. The van der Waals surface area contributed by atoms with Gasteiger partial charge in [-0.2, -0.15) is 8.78 Å². The number of hydrogen-bond acceptors (Lipinski definition) is 6. The molecule has 0 bridgehead atoms. The minimum Gasteiger partial charge on any atom is -0.414 e. The van der Waals surface area contributed by atoms with Crippen LogP contribution in [0.2, 0.25) is 18.1 Å². The van der Waals surface area contributed by atoms with Crippen molar-refractivity contribution in [3.63, 3.8) is 0 Å². The van der Waals surface area contributed by atoms with Crippen LogP contribution in [0.25, 0.3) is 0 Å².